The van der Waals surface area contributed by atoms with E-state index in [2.05, 4.69) is 37.3 Å². The molecule has 1 aromatic rings. The fraction of sp³-hybridized carbons (Fsp3) is 0.400. The number of allylic oxidation sites excluding steroid dienone is 1. The van der Waals surface area contributed by atoms with Crippen molar-refractivity contribution >= 4 is 5.97 Å². The highest BCUT2D eigenvalue weighted by Crippen LogP contribution is 2.07. The van der Waals surface area contributed by atoms with Gasteiger partial charge in [0.2, 0.25) is 0 Å². The average Bonchev–Trinajstić information content (AvgIpc) is 2.30. The number of carbonyl (C=O) groups excluding carboxylic acids is 1. The van der Waals surface area contributed by atoms with Crippen LogP contribution in [0.2, 0.25) is 0 Å². The van der Waals surface area contributed by atoms with Crippen molar-refractivity contribution < 1.29 is 9.53 Å². The van der Waals surface area contributed by atoms with Gasteiger partial charge in [0, 0.05) is 6.92 Å². The lowest BCUT2D eigenvalue weighted by molar-refractivity contribution is -0.139. The fourth-order valence-electron chi connectivity index (χ4n) is 1.53. The number of esters is 1. The third-order valence-corrected chi connectivity index (χ3v) is 2.51. The van der Waals surface area contributed by atoms with Crippen molar-refractivity contribution in [3.63, 3.8) is 0 Å². The van der Waals surface area contributed by atoms with Gasteiger partial charge >= 0.3 is 5.97 Å². The van der Waals surface area contributed by atoms with E-state index in [1.165, 1.54) is 18.1 Å². The first-order chi connectivity index (χ1) is 8.18. The van der Waals surface area contributed by atoms with E-state index in [1.807, 2.05) is 6.08 Å². The highest BCUT2D eigenvalue weighted by atomic mass is 16.5. The predicted molar refractivity (Wildman–Crippen MR) is 69.9 cm³/mol. The van der Waals surface area contributed by atoms with Gasteiger partial charge in [-0.2, -0.15) is 0 Å². The Morgan fingerprint density at radius 2 is 1.94 bits per heavy atom. The summed E-state index contributed by atoms with van der Waals surface area (Å²) < 4.78 is 4.79. The first-order valence-electron chi connectivity index (χ1n) is 6.02. The summed E-state index contributed by atoms with van der Waals surface area (Å²) in [5, 5.41) is 0. The largest absolute Gasteiger partial charge is 0.462 e. The zero-order valence-corrected chi connectivity index (χ0v) is 10.6. The van der Waals surface area contributed by atoms with Gasteiger partial charge in [-0.3, -0.25) is 4.79 Å². The number of carbonyl (C=O) groups is 1. The maximum absolute atomic E-state index is 10.5. The van der Waals surface area contributed by atoms with E-state index >= 15 is 0 Å². The third-order valence-electron chi connectivity index (χ3n) is 2.51. The number of unbranched alkanes of at least 4 members (excludes halogenated alkanes) is 1. The third kappa shape index (κ3) is 6.56. The van der Waals surface area contributed by atoms with E-state index in [0.29, 0.717) is 6.61 Å². The highest BCUT2D eigenvalue weighted by Gasteiger charge is 1.92. The quantitative estimate of drug-likeness (QED) is 0.426. The molecule has 0 saturated heterocycles. The van der Waals surface area contributed by atoms with Crippen LogP contribution in [0.5, 0.6) is 0 Å². The van der Waals surface area contributed by atoms with Crippen molar-refractivity contribution in [1.82, 2.24) is 0 Å². The summed E-state index contributed by atoms with van der Waals surface area (Å²) >= 11 is 0. The molecule has 0 unspecified atom stereocenters. The Kier molecular flexibility index (Phi) is 6.08. The smallest absolute Gasteiger partial charge is 0.302 e. The molecule has 1 aromatic carbocycles. The van der Waals surface area contributed by atoms with Crippen LogP contribution >= 0.6 is 0 Å². The number of hydrogen-bond donors (Lipinski definition) is 0. The van der Waals surface area contributed by atoms with Crippen LogP contribution in [0, 0.1) is 6.92 Å². The van der Waals surface area contributed by atoms with E-state index in [1.54, 1.807) is 0 Å². The molecular weight excluding hydrogens is 212 g/mol. The number of hydrogen-bond acceptors (Lipinski definition) is 2. The van der Waals surface area contributed by atoms with Gasteiger partial charge in [-0.15, -0.1) is 0 Å². The summed E-state index contributed by atoms with van der Waals surface area (Å²) in [6.07, 6.45) is 7.21. The van der Waals surface area contributed by atoms with E-state index in [0.717, 1.165) is 19.3 Å². The number of rotatable bonds is 6. The van der Waals surface area contributed by atoms with Crippen LogP contribution < -0.4 is 0 Å². The Morgan fingerprint density at radius 3 is 2.59 bits per heavy atom. The number of aryl methyl sites for hydroxylation is 2. The number of ether oxygens (including phenoxy) is 1. The average molecular weight is 232 g/mol. The van der Waals surface area contributed by atoms with E-state index in [9.17, 15) is 4.79 Å². The normalized spacial score (nSPS) is 10.7. The van der Waals surface area contributed by atoms with Gasteiger partial charge in [0.25, 0.3) is 0 Å². The molecule has 0 bridgehead atoms. The van der Waals surface area contributed by atoms with E-state index < -0.39 is 0 Å². The topological polar surface area (TPSA) is 26.3 Å². The minimum atomic E-state index is -0.227. The molecule has 0 atom stereocenters. The molecule has 1 rings (SSSR count). The Balaban J connectivity index is 2.11. The molecule has 0 aliphatic heterocycles. The van der Waals surface area contributed by atoms with Crippen molar-refractivity contribution in [2.45, 2.75) is 33.1 Å². The summed E-state index contributed by atoms with van der Waals surface area (Å²) in [7, 11) is 0. The fourth-order valence-corrected chi connectivity index (χ4v) is 1.53. The van der Waals surface area contributed by atoms with Crippen LogP contribution in [-0.4, -0.2) is 12.6 Å². The van der Waals surface area contributed by atoms with Gasteiger partial charge in [-0.1, -0.05) is 42.0 Å². The molecule has 17 heavy (non-hydrogen) atoms. The summed E-state index contributed by atoms with van der Waals surface area (Å²) in [5.74, 6) is -0.227. The zero-order valence-electron chi connectivity index (χ0n) is 10.6. The summed E-state index contributed by atoms with van der Waals surface area (Å²) in [5.41, 5.74) is 2.68. The monoisotopic (exact) mass is 232 g/mol. The van der Waals surface area contributed by atoms with E-state index in [-0.39, 0.29) is 5.97 Å². The summed E-state index contributed by atoms with van der Waals surface area (Å²) in [6, 6.07) is 8.65. The van der Waals surface area contributed by atoms with Crippen LogP contribution in [0.1, 0.15) is 30.9 Å². The minimum Gasteiger partial charge on any atom is -0.462 e. The maximum atomic E-state index is 10.5. The molecule has 0 heterocycles. The second-order valence-electron chi connectivity index (χ2n) is 4.15. The van der Waals surface area contributed by atoms with Gasteiger partial charge in [0.05, 0.1) is 0 Å². The van der Waals surface area contributed by atoms with Gasteiger partial charge < -0.3 is 4.74 Å². The minimum absolute atomic E-state index is 0.227. The van der Waals surface area contributed by atoms with Crippen LogP contribution in [0.25, 0.3) is 0 Å². The molecule has 92 valence electrons. The standard InChI is InChI=1S/C15H20O2/c1-13-8-10-15(11-9-13)7-5-3-4-6-12-17-14(2)16/h4,6,8-11H,3,5,7,12H2,1-2H3/b6-4+. The predicted octanol–water partition coefficient (Wildman–Crippen LogP) is 3.44. The highest BCUT2D eigenvalue weighted by molar-refractivity contribution is 5.65. The van der Waals surface area contributed by atoms with Gasteiger partial charge in [-0.05, 0) is 31.7 Å². The summed E-state index contributed by atoms with van der Waals surface area (Å²) in [6.45, 7) is 3.91. The molecule has 0 aliphatic rings. The molecule has 0 saturated carbocycles. The van der Waals surface area contributed by atoms with Gasteiger partial charge in [0.1, 0.15) is 6.61 Å². The van der Waals surface area contributed by atoms with Crippen molar-refractivity contribution in [2.75, 3.05) is 6.61 Å². The lowest BCUT2D eigenvalue weighted by Gasteiger charge is -2.00. The molecule has 0 spiro atoms. The van der Waals surface area contributed by atoms with Crippen LogP contribution in [-0.2, 0) is 16.0 Å². The van der Waals surface area contributed by atoms with Crippen LogP contribution in [0.15, 0.2) is 36.4 Å². The van der Waals surface area contributed by atoms with Crippen molar-refractivity contribution in [3.8, 4) is 0 Å². The molecule has 2 heteroatoms. The molecular formula is C15H20O2. The Morgan fingerprint density at radius 1 is 1.24 bits per heavy atom. The zero-order chi connectivity index (χ0) is 12.5. The van der Waals surface area contributed by atoms with Crippen molar-refractivity contribution in [3.05, 3.63) is 47.5 Å². The molecule has 0 aliphatic carbocycles. The van der Waals surface area contributed by atoms with E-state index in [4.69, 9.17) is 4.74 Å². The van der Waals surface area contributed by atoms with Crippen LogP contribution in [0.3, 0.4) is 0 Å². The van der Waals surface area contributed by atoms with Crippen molar-refractivity contribution in [2.24, 2.45) is 0 Å². The molecule has 0 amide bonds. The molecule has 0 N–H and O–H groups in total. The second-order valence-corrected chi connectivity index (χ2v) is 4.15. The SMILES string of the molecule is CC(=O)OC/C=C/CCCc1ccc(C)cc1. The maximum Gasteiger partial charge on any atom is 0.302 e. The van der Waals surface area contributed by atoms with Gasteiger partial charge in [0.15, 0.2) is 0 Å². The first kappa shape index (κ1) is 13.5. The second kappa shape index (κ2) is 7.66. The number of benzene rings is 1. The lowest BCUT2D eigenvalue weighted by atomic mass is 10.1. The Hall–Kier alpha value is -1.57. The van der Waals surface area contributed by atoms with Crippen LogP contribution in [0.4, 0.5) is 0 Å². The molecule has 2 nitrogen and oxygen atoms in total. The molecule has 0 aromatic heterocycles. The molecule has 0 radical (unpaired) electrons. The first-order valence-corrected chi connectivity index (χ1v) is 6.02. The Labute approximate surface area is 103 Å². The van der Waals surface area contributed by atoms with Gasteiger partial charge in [-0.25, -0.2) is 0 Å². The molecule has 0 fully saturated rings. The Bertz CT molecular complexity index is 363. The summed E-state index contributed by atoms with van der Waals surface area (Å²) in [4.78, 5) is 10.5. The van der Waals surface area contributed by atoms with Crippen molar-refractivity contribution in [1.29, 1.82) is 0 Å². The lowest BCUT2D eigenvalue weighted by Crippen LogP contribution is -1.97.